The lowest BCUT2D eigenvalue weighted by atomic mass is 9.94. The quantitative estimate of drug-likeness (QED) is 0.863. The zero-order chi connectivity index (χ0) is 10.8. The lowest BCUT2D eigenvalue weighted by molar-refractivity contribution is 0.608. The van der Waals surface area contributed by atoms with E-state index in [4.69, 9.17) is 0 Å². The van der Waals surface area contributed by atoms with Crippen LogP contribution in [0.3, 0.4) is 0 Å². The molecule has 0 fully saturated rings. The number of anilines is 1. The molecule has 0 bridgehead atoms. The van der Waals surface area contributed by atoms with E-state index >= 15 is 0 Å². The third-order valence-electron chi connectivity index (χ3n) is 2.95. The maximum absolute atomic E-state index is 4.02. The van der Waals surface area contributed by atoms with Crippen molar-refractivity contribution in [3.05, 3.63) is 40.6 Å². The van der Waals surface area contributed by atoms with Crippen LogP contribution >= 0.6 is 11.3 Å². The van der Waals surface area contributed by atoms with E-state index in [1.807, 2.05) is 23.7 Å². The average Bonchev–Trinajstić information content (AvgIpc) is 2.80. The van der Waals surface area contributed by atoms with Crippen LogP contribution in [0.25, 0.3) is 0 Å². The van der Waals surface area contributed by atoms with E-state index in [0.717, 1.165) is 5.69 Å². The summed E-state index contributed by atoms with van der Waals surface area (Å²) in [6.07, 6.45) is 8.90. The van der Waals surface area contributed by atoms with Crippen LogP contribution in [0.4, 0.5) is 5.69 Å². The molecule has 3 nitrogen and oxygen atoms in total. The molecule has 1 N–H and O–H groups in total. The third kappa shape index (κ3) is 1.80. The number of aryl methyl sites for hydroxylation is 1. The third-order valence-corrected chi connectivity index (χ3v) is 3.95. The molecule has 2 aromatic rings. The van der Waals surface area contributed by atoms with Gasteiger partial charge in [-0.2, -0.15) is 0 Å². The molecule has 1 unspecified atom stereocenters. The van der Waals surface area contributed by atoms with Gasteiger partial charge in [-0.15, -0.1) is 11.3 Å². The summed E-state index contributed by atoms with van der Waals surface area (Å²) in [5.74, 6) is 0. The Morgan fingerprint density at radius 2 is 2.19 bits per heavy atom. The van der Waals surface area contributed by atoms with Crippen LogP contribution in [0.2, 0.25) is 0 Å². The monoisotopic (exact) mass is 231 g/mol. The Labute approximate surface area is 98.6 Å². The molecule has 0 saturated carbocycles. The van der Waals surface area contributed by atoms with E-state index in [0.29, 0.717) is 6.04 Å². The van der Waals surface area contributed by atoms with Gasteiger partial charge in [0.15, 0.2) is 0 Å². The maximum atomic E-state index is 4.02. The van der Waals surface area contributed by atoms with Gasteiger partial charge in [-0.05, 0) is 36.3 Å². The standard InChI is InChI=1S/C12H13N3S/c1-2-11(10-4-5-16-12(10)3-1)15-9-6-13-8-14-7-9/h4-8,11,15H,1-3H2. The summed E-state index contributed by atoms with van der Waals surface area (Å²) in [5.41, 5.74) is 2.46. The molecule has 0 spiro atoms. The summed E-state index contributed by atoms with van der Waals surface area (Å²) in [6, 6.07) is 2.67. The first kappa shape index (κ1) is 9.78. The van der Waals surface area contributed by atoms with E-state index in [2.05, 4.69) is 26.7 Å². The zero-order valence-corrected chi connectivity index (χ0v) is 9.70. The molecular formula is C12H13N3S. The number of nitrogens with zero attached hydrogens (tertiary/aromatic N) is 2. The van der Waals surface area contributed by atoms with E-state index in [1.165, 1.54) is 29.7 Å². The molecule has 0 aliphatic heterocycles. The summed E-state index contributed by atoms with van der Waals surface area (Å²) in [6.45, 7) is 0. The summed E-state index contributed by atoms with van der Waals surface area (Å²) in [7, 11) is 0. The summed E-state index contributed by atoms with van der Waals surface area (Å²) >= 11 is 1.87. The van der Waals surface area contributed by atoms with Gasteiger partial charge in [0, 0.05) is 4.88 Å². The molecule has 1 aliphatic carbocycles. The first-order valence-electron chi connectivity index (χ1n) is 5.51. The summed E-state index contributed by atoms with van der Waals surface area (Å²) in [4.78, 5) is 9.57. The van der Waals surface area contributed by atoms with Gasteiger partial charge in [0.25, 0.3) is 0 Å². The second kappa shape index (κ2) is 4.22. The van der Waals surface area contributed by atoms with Crippen molar-refractivity contribution in [2.24, 2.45) is 0 Å². The minimum atomic E-state index is 0.431. The van der Waals surface area contributed by atoms with Crippen molar-refractivity contribution in [3.8, 4) is 0 Å². The van der Waals surface area contributed by atoms with Crippen molar-refractivity contribution < 1.29 is 0 Å². The Hall–Kier alpha value is -1.42. The molecule has 0 aromatic carbocycles. The summed E-state index contributed by atoms with van der Waals surface area (Å²) < 4.78 is 0. The van der Waals surface area contributed by atoms with Crippen molar-refractivity contribution in [3.63, 3.8) is 0 Å². The molecule has 0 radical (unpaired) electrons. The second-order valence-electron chi connectivity index (χ2n) is 4.02. The fourth-order valence-corrected chi connectivity index (χ4v) is 3.20. The minimum absolute atomic E-state index is 0.431. The van der Waals surface area contributed by atoms with Gasteiger partial charge >= 0.3 is 0 Å². The van der Waals surface area contributed by atoms with Gasteiger partial charge in [-0.25, -0.2) is 9.97 Å². The second-order valence-corrected chi connectivity index (χ2v) is 5.02. The Morgan fingerprint density at radius 1 is 1.31 bits per heavy atom. The molecule has 0 amide bonds. The Kier molecular flexibility index (Phi) is 2.58. The van der Waals surface area contributed by atoms with Gasteiger partial charge in [0.05, 0.1) is 24.1 Å². The zero-order valence-electron chi connectivity index (χ0n) is 8.89. The molecule has 82 valence electrons. The summed E-state index contributed by atoms with van der Waals surface area (Å²) in [5, 5.41) is 5.69. The predicted octanol–water partition coefficient (Wildman–Crippen LogP) is 3.03. The normalized spacial score (nSPS) is 19.1. The number of nitrogens with one attached hydrogen (secondary N) is 1. The molecule has 2 aromatic heterocycles. The fraction of sp³-hybridized carbons (Fsp3) is 0.333. The van der Waals surface area contributed by atoms with Gasteiger partial charge < -0.3 is 5.32 Å². The van der Waals surface area contributed by atoms with Crippen molar-refractivity contribution in [2.45, 2.75) is 25.3 Å². The number of fused-ring (bicyclic) bond motifs is 1. The predicted molar refractivity (Wildman–Crippen MR) is 65.7 cm³/mol. The lowest BCUT2D eigenvalue weighted by Crippen LogP contribution is -2.15. The lowest BCUT2D eigenvalue weighted by Gasteiger charge is -2.24. The highest BCUT2D eigenvalue weighted by atomic mass is 32.1. The van der Waals surface area contributed by atoms with Crippen molar-refractivity contribution >= 4 is 17.0 Å². The van der Waals surface area contributed by atoms with Gasteiger partial charge in [0.2, 0.25) is 0 Å². The fourth-order valence-electron chi connectivity index (χ4n) is 2.21. The number of hydrogen-bond acceptors (Lipinski definition) is 4. The number of aromatic nitrogens is 2. The van der Waals surface area contributed by atoms with E-state index < -0.39 is 0 Å². The average molecular weight is 231 g/mol. The van der Waals surface area contributed by atoms with Gasteiger partial charge in [-0.1, -0.05) is 0 Å². The van der Waals surface area contributed by atoms with Crippen LogP contribution in [0.15, 0.2) is 30.2 Å². The van der Waals surface area contributed by atoms with Crippen LogP contribution in [0.5, 0.6) is 0 Å². The first-order valence-corrected chi connectivity index (χ1v) is 6.39. The van der Waals surface area contributed by atoms with E-state index in [1.54, 1.807) is 6.33 Å². The highest BCUT2D eigenvalue weighted by Gasteiger charge is 2.20. The smallest absolute Gasteiger partial charge is 0.115 e. The van der Waals surface area contributed by atoms with Crippen molar-refractivity contribution in [1.82, 2.24) is 9.97 Å². The minimum Gasteiger partial charge on any atom is -0.376 e. The highest BCUT2D eigenvalue weighted by Crippen LogP contribution is 2.35. The largest absolute Gasteiger partial charge is 0.376 e. The number of hydrogen-bond donors (Lipinski definition) is 1. The number of rotatable bonds is 2. The first-order chi connectivity index (χ1) is 7.93. The van der Waals surface area contributed by atoms with Crippen LogP contribution in [0.1, 0.15) is 29.3 Å². The Morgan fingerprint density at radius 3 is 3.06 bits per heavy atom. The van der Waals surface area contributed by atoms with Crippen molar-refractivity contribution in [2.75, 3.05) is 5.32 Å². The topological polar surface area (TPSA) is 37.8 Å². The van der Waals surface area contributed by atoms with Crippen LogP contribution in [0, 0.1) is 0 Å². The van der Waals surface area contributed by atoms with Crippen molar-refractivity contribution in [1.29, 1.82) is 0 Å². The van der Waals surface area contributed by atoms with E-state index in [-0.39, 0.29) is 0 Å². The molecule has 0 saturated heterocycles. The molecule has 16 heavy (non-hydrogen) atoms. The SMILES string of the molecule is c1ncc(NC2CCCc3sccc32)cn1. The molecule has 1 aliphatic rings. The Balaban J connectivity index is 1.83. The molecule has 2 heterocycles. The highest BCUT2D eigenvalue weighted by molar-refractivity contribution is 7.10. The van der Waals surface area contributed by atoms with Crippen LogP contribution < -0.4 is 5.32 Å². The van der Waals surface area contributed by atoms with Gasteiger partial charge in [-0.3, -0.25) is 0 Å². The molecule has 1 atom stereocenters. The maximum Gasteiger partial charge on any atom is 0.115 e. The van der Waals surface area contributed by atoms with Gasteiger partial charge in [0.1, 0.15) is 6.33 Å². The number of thiophene rings is 1. The molecule has 4 heteroatoms. The van der Waals surface area contributed by atoms with E-state index in [9.17, 15) is 0 Å². The van der Waals surface area contributed by atoms with Crippen LogP contribution in [-0.4, -0.2) is 9.97 Å². The molecular weight excluding hydrogens is 218 g/mol. The molecule has 3 rings (SSSR count). The Bertz CT molecular complexity index is 466. The van der Waals surface area contributed by atoms with Crippen LogP contribution in [-0.2, 0) is 6.42 Å².